The molecule has 1 fully saturated rings. The number of rotatable bonds is 3. The van der Waals surface area contributed by atoms with E-state index in [1.165, 1.54) is 23.4 Å². The average Bonchev–Trinajstić information content (AvgIpc) is 2.62. The van der Waals surface area contributed by atoms with Crippen molar-refractivity contribution in [1.82, 2.24) is 14.9 Å². The minimum atomic E-state index is -1.05. The van der Waals surface area contributed by atoms with Crippen LogP contribution in [0.15, 0.2) is 36.9 Å². The maximum absolute atomic E-state index is 14.4. The Balaban J connectivity index is 1.89. The molecule has 1 saturated heterocycles. The van der Waals surface area contributed by atoms with E-state index in [1.807, 2.05) is 0 Å². The standard InChI is InChI=1S/C17H16FN3O3/c18-14-7-11(12-8-19-10-20-9-12)4-5-13(14)16(22)21-6-2-1-3-15(21)17(23)24/h4-5,7-10,15H,1-3,6H2,(H,23,24). The molecule has 24 heavy (non-hydrogen) atoms. The van der Waals surface area contributed by atoms with Crippen LogP contribution >= 0.6 is 0 Å². The lowest BCUT2D eigenvalue weighted by Gasteiger charge is -2.33. The van der Waals surface area contributed by atoms with Gasteiger partial charge in [0.15, 0.2) is 0 Å². The van der Waals surface area contributed by atoms with E-state index in [0.29, 0.717) is 24.1 Å². The number of carboxylic acids is 1. The predicted octanol–water partition coefficient (Wildman–Crippen LogP) is 2.36. The van der Waals surface area contributed by atoms with Crippen molar-refractivity contribution in [2.75, 3.05) is 6.54 Å². The molecule has 1 amide bonds. The molecule has 1 atom stereocenters. The lowest BCUT2D eigenvalue weighted by Crippen LogP contribution is -2.48. The van der Waals surface area contributed by atoms with Crippen molar-refractivity contribution in [3.8, 4) is 11.1 Å². The fourth-order valence-electron chi connectivity index (χ4n) is 2.90. The van der Waals surface area contributed by atoms with E-state index < -0.39 is 23.7 Å². The molecular weight excluding hydrogens is 313 g/mol. The minimum absolute atomic E-state index is 0.122. The summed E-state index contributed by atoms with van der Waals surface area (Å²) in [4.78, 5) is 32.9. The van der Waals surface area contributed by atoms with Crippen LogP contribution in [0.1, 0.15) is 29.6 Å². The number of hydrogen-bond donors (Lipinski definition) is 1. The van der Waals surface area contributed by atoms with Gasteiger partial charge in [0.2, 0.25) is 0 Å². The van der Waals surface area contributed by atoms with Gasteiger partial charge < -0.3 is 10.0 Å². The Kier molecular flexibility index (Phi) is 4.50. The summed E-state index contributed by atoms with van der Waals surface area (Å²) in [6.45, 7) is 0.323. The molecule has 3 rings (SSSR count). The van der Waals surface area contributed by atoms with Crippen LogP contribution in [-0.4, -0.2) is 44.4 Å². The number of carboxylic acid groups (broad SMARTS) is 1. The Hall–Kier alpha value is -2.83. The zero-order valence-corrected chi connectivity index (χ0v) is 12.9. The fraction of sp³-hybridized carbons (Fsp3) is 0.294. The number of hydrogen-bond acceptors (Lipinski definition) is 4. The van der Waals surface area contributed by atoms with Crippen molar-refractivity contribution in [3.63, 3.8) is 0 Å². The molecule has 1 aromatic heterocycles. The highest BCUT2D eigenvalue weighted by Gasteiger charge is 2.33. The molecule has 0 aliphatic carbocycles. The van der Waals surface area contributed by atoms with Gasteiger partial charge in [0, 0.05) is 24.5 Å². The molecule has 1 aliphatic heterocycles. The van der Waals surface area contributed by atoms with Crippen molar-refractivity contribution in [1.29, 1.82) is 0 Å². The molecule has 2 aromatic rings. The maximum Gasteiger partial charge on any atom is 0.326 e. The first-order valence-corrected chi connectivity index (χ1v) is 7.66. The Morgan fingerprint density at radius 1 is 1.17 bits per heavy atom. The van der Waals surface area contributed by atoms with Gasteiger partial charge in [-0.15, -0.1) is 0 Å². The number of amides is 1. The normalized spacial score (nSPS) is 17.5. The zero-order chi connectivity index (χ0) is 17.1. The second-order valence-electron chi connectivity index (χ2n) is 5.67. The lowest BCUT2D eigenvalue weighted by atomic mass is 10.00. The van der Waals surface area contributed by atoms with Crippen molar-refractivity contribution < 1.29 is 19.1 Å². The maximum atomic E-state index is 14.4. The third-order valence-corrected chi connectivity index (χ3v) is 4.14. The van der Waals surface area contributed by atoms with Gasteiger partial charge in [-0.05, 0) is 37.0 Å². The van der Waals surface area contributed by atoms with Gasteiger partial charge in [0.1, 0.15) is 18.2 Å². The summed E-state index contributed by atoms with van der Waals surface area (Å²) in [6.07, 6.45) is 6.33. The zero-order valence-electron chi connectivity index (χ0n) is 12.9. The highest BCUT2D eigenvalue weighted by atomic mass is 19.1. The molecule has 6 nitrogen and oxygen atoms in total. The molecule has 2 heterocycles. The van der Waals surface area contributed by atoms with Crippen molar-refractivity contribution >= 4 is 11.9 Å². The highest BCUT2D eigenvalue weighted by Crippen LogP contribution is 2.24. The molecule has 7 heteroatoms. The molecule has 0 bridgehead atoms. The van der Waals surface area contributed by atoms with E-state index in [-0.39, 0.29) is 5.56 Å². The third-order valence-electron chi connectivity index (χ3n) is 4.14. The van der Waals surface area contributed by atoms with E-state index in [4.69, 9.17) is 0 Å². The van der Waals surface area contributed by atoms with Crippen LogP contribution in [0.25, 0.3) is 11.1 Å². The summed E-state index contributed by atoms with van der Waals surface area (Å²) >= 11 is 0. The third kappa shape index (κ3) is 3.10. The predicted molar refractivity (Wildman–Crippen MR) is 83.7 cm³/mol. The van der Waals surface area contributed by atoms with E-state index in [9.17, 15) is 19.1 Å². The van der Waals surface area contributed by atoms with Crippen molar-refractivity contribution in [2.45, 2.75) is 25.3 Å². The number of halogens is 1. The van der Waals surface area contributed by atoms with Crippen LogP contribution in [0.2, 0.25) is 0 Å². The SMILES string of the molecule is O=C(O)C1CCCCN1C(=O)c1ccc(-c2cncnc2)cc1F. The summed E-state index contributed by atoms with van der Waals surface area (Å²) in [5.41, 5.74) is 1.07. The van der Waals surface area contributed by atoms with Crippen LogP contribution < -0.4 is 0 Å². The molecule has 1 aromatic carbocycles. The van der Waals surface area contributed by atoms with Crippen molar-refractivity contribution in [3.05, 3.63) is 48.3 Å². The molecule has 0 radical (unpaired) electrons. The Labute approximate surface area is 138 Å². The number of likely N-dealkylation sites (tertiary alicyclic amines) is 1. The van der Waals surface area contributed by atoms with E-state index in [1.54, 1.807) is 18.5 Å². The Morgan fingerprint density at radius 2 is 1.92 bits per heavy atom. The van der Waals surface area contributed by atoms with Gasteiger partial charge in [-0.1, -0.05) is 6.07 Å². The number of carbonyl (C=O) groups excluding carboxylic acids is 1. The first kappa shape index (κ1) is 16.0. The van der Waals surface area contributed by atoms with Gasteiger partial charge in [-0.2, -0.15) is 0 Å². The van der Waals surface area contributed by atoms with Crippen LogP contribution in [0.5, 0.6) is 0 Å². The largest absolute Gasteiger partial charge is 0.480 e. The summed E-state index contributed by atoms with van der Waals surface area (Å²) in [7, 11) is 0. The number of piperidine rings is 1. The fourth-order valence-corrected chi connectivity index (χ4v) is 2.90. The van der Waals surface area contributed by atoms with E-state index in [0.717, 1.165) is 12.8 Å². The number of aliphatic carboxylic acids is 1. The molecule has 0 spiro atoms. The van der Waals surface area contributed by atoms with Gasteiger partial charge in [-0.3, -0.25) is 4.79 Å². The minimum Gasteiger partial charge on any atom is -0.480 e. The quantitative estimate of drug-likeness (QED) is 0.934. The number of aromatic nitrogens is 2. The monoisotopic (exact) mass is 329 g/mol. The van der Waals surface area contributed by atoms with E-state index >= 15 is 0 Å². The molecule has 1 unspecified atom stereocenters. The van der Waals surface area contributed by atoms with Crippen LogP contribution in [0.4, 0.5) is 4.39 Å². The number of nitrogens with zero attached hydrogens (tertiary/aromatic N) is 3. The molecule has 0 saturated carbocycles. The highest BCUT2D eigenvalue weighted by molar-refractivity contribution is 5.97. The number of benzene rings is 1. The van der Waals surface area contributed by atoms with Crippen LogP contribution in [0.3, 0.4) is 0 Å². The summed E-state index contributed by atoms with van der Waals surface area (Å²) in [5.74, 6) is -2.33. The molecule has 1 aliphatic rings. The van der Waals surface area contributed by atoms with Gasteiger partial charge in [-0.25, -0.2) is 19.2 Å². The summed E-state index contributed by atoms with van der Waals surface area (Å²) < 4.78 is 14.4. The van der Waals surface area contributed by atoms with Crippen LogP contribution in [-0.2, 0) is 4.79 Å². The Bertz CT molecular complexity index is 767. The summed E-state index contributed by atoms with van der Waals surface area (Å²) in [5, 5.41) is 9.27. The average molecular weight is 329 g/mol. The van der Waals surface area contributed by atoms with Crippen LogP contribution in [0, 0.1) is 5.82 Å². The lowest BCUT2D eigenvalue weighted by molar-refractivity contribution is -0.143. The van der Waals surface area contributed by atoms with Gasteiger partial charge >= 0.3 is 5.97 Å². The topological polar surface area (TPSA) is 83.4 Å². The van der Waals surface area contributed by atoms with E-state index in [2.05, 4.69) is 9.97 Å². The Morgan fingerprint density at radius 3 is 2.58 bits per heavy atom. The van der Waals surface area contributed by atoms with Gasteiger partial charge in [0.25, 0.3) is 5.91 Å². The molecule has 124 valence electrons. The smallest absolute Gasteiger partial charge is 0.326 e. The first-order chi connectivity index (χ1) is 11.6. The first-order valence-electron chi connectivity index (χ1n) is 7.66. The number of carbonyl (C=O) groups is 2. The molecular formula is C17H16FN3O3. The second-order valence-corrected chi connectivity index (χ2v) is 5.67. The molecule has 1 N–H and O–H groups in total. The van der Waals surface area contributed by atoms with Crippen molar-refractivity contribution in [2.24, 2.45) is 0 Å². The second kappa shape index (κ2) is 6.74. The van der Waals surface area contributed by atoms with Gasteiger partial charge in [0.05, 0.1) is 5.56 Å². The summed E-state index contributed by atoms with van der Waals surface area (Å²) in [6, 6.07) is 3.33.